The van der Waals surface area contributed by atoms with Crippen molar-refractivity contribution in [3.8, 4) is 5.69 Å². The first-order valence-corrected chi connectivity index (χ1v) is 8.74. The maximum Gasteiger partial charge on any atom is 0.434 e. The number of alkyl halides is 3. The van der Waals surface area contributed by atoms with Crippen molar-refractivity contribution in [1.29, 1.82) is 0 Å². The molecular formula is C18H18F3N3O5. The number of hydrogen-bond donors (Lipinski definition) is 2. The van der Waals surface area contributed by atoms with Crippen LogP contribution in [0.2, 0.25) is 0 Å². The Kier molecular flexibility index (Phi) is 6.18. The number of rotatable bonds is 7. The lowest BCUT2D eigenvalue weighted by molar-refractivity contribution is -0.143. The Balaban J connectivity index is 1.71. The summed E-state index contributed by atoms with van der Waals surface area (Å²) in [6.45, 7) is 0.723. The SMILES string of the molecule is O=C(COCC1CCCO1)Nc1cccc(-n2ncc(C(=O)O)c2C(F)(F)F)c1. The molecule has 0 aliphatic carbocycles. The molecular weight excluding hydrogens is 395 g/mol. The van der Waals surface area contributed by atoms with Crippen molar-refractivity contribution < 1.29 is 37.3 Å². The topological polar surface area (TPSA) is 103 Å². The van der Waals surface area contributed by atoms with Gasteiger partial charge in [0.25, 0.3) is 0 Å². The molecule has 1 aliphatic rings. The van der Waals surface area contributed by atoms with Crippen molar-refractivity contribution >= 4 is 17.6 Å². The fourth-order valence-electron chi connectivity index (χ4n) is 2.94. The molecule has 3 rings (SSSR count). The monoisotopic (exact) mass is 413 g/mol. The van der Waals surface area contributed by atoms with Crippen LogP contribution in [-0.4, -0.2) is 52.7 Å². The van der Waals surface area contributed by atoms with Gasteiger partial charge in [0, 0.05) is 12.3 Å². The number of nitrogens with zero attached hydrogens (tertiary/aromatic N) is 2. The van der Waals surface area contributed by atoms with E-state index in [9.17, 15) is 22.8 Å². The normalized spacial score (nSPS) is 16.7. The number of nitrogens with one attached hydrogen (secondary N) is 1. The number of carboxylic acid groups (broad SMARTS) is 1. The molecule has 1 aromatic carbocycles. The summed E-state index contributed by atoms with van der Waals surface area (Å²) >= 11 is 0. The van der Waals surface area contributed by atoms with Gasteiger partial charge >= 0.3 is 12.1 Å². The van der Waals surface area contributed by atoms with E-state index in [1.807, 2.05) is 0 Å². The van der Waals surface area contributed by atoms with Gasteiger partial charge in [0.15, 0.2) is 5.69 Å². The Morgan fingerprint density at radius 1 is 1.38 bits per heavy atom. The number of benzene rings is 1. The van der Waals surface area contributed by atoms with Crippen LogP contribution < -0.4 is 5.32 Å². The van der Waals surface area contributed by atoms with E-state index in [1.54, 1.807) is 0 Å². The summed E-state index contributed by atoms with van der Waals surface area (Å²) in [5.41, 5.74) is -2.21. The van der Waals surface area contributed by atoms with Crippen LogP contribution in [0.1, 0.15) is 28.9 Å². The highest BCUT2D eigenvalue weighted by atomic mass is 19.4. The van der Waals surface area contributed by atoms with Crippen LogP contribution in [0.3, 0.4) is 0 Å². The van der Waals surface area contributed by atoms with Crippen molar-refractivity contribution in [2.45, 2.75) is 25.1 Å². The van der Waals surface area contributed by atoms with Gasteiger partial charge in [0.2, 0.25) is 5.91 Å². The third-order valence-corrected chi connectivity index (χ3v) is 4.20. The fraction of sp³-hybridized carbons (Fsp3) is 0.389. The number of carbonyl (C=O) groups is 2. The summed E-state index contributed by atoms with van der Waals surface area (Å²) < 4.78 is 51.2. The molecule has 1 fully saturated rings. The van der Waals surface area contributed by atoms with E-state index in [0.29, 0.717) is 17.5 Å². The van der Waals surface area contributed by atoms with Gasteiger partial charge in [0.05, 0.1) is 24.6 Å². The first-order chi connectivity index (χ1) is 13.8. The molecule has 8 nitrogen and oxygen atoms in total. The highest BCUT2D eigenvalue weighted by Crippen LogP contribution is 2.34. The molecule has 2 heterocycles. The number of carboxylic acids is 1. The van der Waals surface area contributed by atoms with Gasteiger partial charge in [-0.25, -0.2) is 9.48 Å². The summed E-state index contributed by atoms with van der Waals surface area (Å²) in [7, 11) is 0. The molecule has 1 aliphatic heterocycles. The molecule has 11 heteroatoms. The van der Waals surface area contributed by atoms with E-state index in [0.717, 1.165) is 12.8 Å². The summed E-state index contributed by atoms with van der Waals surface area (Å²) in [6, 6.07) is 5.47. The van der Waals surface area contributed by atoms with Crippen LogP contribution in [0.4, 0.5) is 18.9 Å². The lowest BCUT2D eigenvalue weighted by atomic mass is 10.2. The Morgan fingerprint density at radius 2 is 2.17 bits per heavy atom. The summed E-state index contributed by atoms with van der Waals surface area (Å²) in [5, 5.41) is 15.1. The molecule has 0 saturated carbocycles. The van der Waals surface area contributed by atoms with Gasteiger partial charge in [-0.2, -0.15) is 18.3 Å². The smallest absolute Gasteiger partial charge is 0.434 e. The van der Waals surface area contributed by atoms with Crippen molar-refractivity contribution in [2.75, 3.05) is 25.1 Å². The van der Waals surface area contributed by atoms with E-state index < -0.39 is 29.3 Å². The lowest BCUT2D eigenvalue weighted by Crippen LogP contribution is -2.22. The number of anilines is 1. The average molecular weight is 413 g/mol. The molecule has 0 spiro atoms. The van der Waals surface area contributed by atoms with Crippen molar-refractivity contribution in [3.05, 3.63) is 41.7 Å². The van der Waals surface area contributed by atoms with Crippen LogP contribution in [0.5, 0.6) is 0 Å². The quantitative estimate of drug-likeness (QED) is 0.724. The van der Waals surface area contributed by atoms with Crippen LogP contribution in [0.25, 0.3) is 5.69 Å². The Hall–Kier alpha value is -2.92. The Bertz CT molecular complexity index is 891. The molecule has 1 amide bonds. The van der Waals surface area contributed by atoms with E-state index in [2.05, 4.69) is 10.4 Å². The van der Waals surface area contributed by atoms with Gasteiger partial charge in [-0.1, -0.05) is 6.07 Å². The van der Waals surface area contributed by atoms with E-state index in [4.69, 9.17) is 14.6 Å². The fourth-order valence-corrected chi connectivity index (χ4v) is 2.94. The molecule has 0 bridgehead atoms. The summed E-state index contributed by atoms with van der Waals surface area (Å²) in [4.78, 5) is 23.1. The second kappa shape index (κ2) is 8.62. The van der Waals surface area contributed by atoms with Crippen LogP contribution in [0.15, 0.2) is 30.5 Å². The molecule has 29 heavy (non-hydrogen) atoms. The number of halogens is 3. The third-order valence-electron chi connectivity index (χ3n) is 4.20. The number of hydrogen-bond acceptors (Lipinski definition) is 5. The molecule has 1 atom stereocenters. The molecule has 156 valence electrons. The highest BCUT2D eigenvalue weighted by molar-refractivity contribution is 5.92. The third kappa shape index (κ3) is 5.12. The molecule has 1 unspecified atom stereocenters. The highest BCUT2D eigenvalue weighted by Gasteiger charge is 2.40. The van der Waals surface area contributed by atoms with E-state index in [1.165, 1.54) is 24.3 Å². The number of carbonyl (C=O) groups excluding carboxylic acids is 1. The van der Waals surface area contributed by atoms with Gasteiger partial charge in [0.1, 0.15) is 12.2 Å². The number of aromatic nitrogens is 2. The maximum absolute atomic E-state index is 13.3. The Labute approximate surface area is 163 Å². The first-order valence-electron chi connectivity index (χ1n) is 8.74. The van der Waals surface area contributed by atoms with Gasteiger partial charge in [-0.3, -0.25) is 4.79 Å². The van der Waals surface area contributed by atoms with Gasteiger partial charge < -0.3 is 19.9 Å². The van der Waals surface area contributed by atoms with Crippen molar-refractivity contribution in [1.82, 2.24) is 9.78 Å². The predicted molar refractivity (Wildman–Crippen MR) is 93.9 cm³/mol. The zero-order valence-electron chi connectivity index (χ0n) is 15.1. The molecule has 0 radical (unpaired) electrons. The minimum Gasteiger partial charge on any atom is -0.478 e. The van der Waals surface area contributed by atoms with E-state index in [-0.39, 0.29) is 30.7 Å². The zero-order chi connectivity index (χ0) is 21.0. The molecule has 1 aromatic heterocycles. The summed E-state index contributed by atoms with van der Waals surface area (Å²) in [6.07, 6.45) is -2.51. The first kappa shape index (κ1) is 20.8. The van der Waals surface area contributed by atoms with Crippen LogP contribution in [0, 0.1) is 0 Å². The molecule has 2 N–H and O–H groups in total. The molecule has 1 saturated heterocycles. The second-order valence-electron chi connectivity index (χ2n) is 6.37. The van der Waals surface area contributed by atoms with Crippen LogP contribution >= 0.6 is 0 Å². The van der Waals surface area contributed by atoms with Gasteiger partial charge in [-0.05, 0) is 31.0 Å². The minimum atomic E-state index is -4.93. The average Bonchev–Trinajstić information content (AvgIpc) is 3.31. The van der Waals surface area contributed by atoms with Crippen LogP contribution in [-0.2, 0) is 20.4 Å². The predicted octanol–water partition coefficient (Wildman–Crippen LogP) is 2.72. The van der Waals surface area contributed by atoms with Crippen molar-refractivity contribution in [3.63, 3.8) is 0 Å². The minimum absolute atomic E-state index is 0.0323. The standard InChI is InChI=1S/C18H18F3N3O5/c19-18(20,21)16-14(17(26)27)8-22-24(16)12-4-1-3-11(7-12)23-15(25)10-28-9-13-5-2-6-29-13/h1,3-4,7-8,13H,2,5-6,9-10H2,(H,23,25)(H,26,27). The lowest BCUT2D eigenvalue weighted by Gasteiger charge is -2.13. The Morgan fingerprint density at radius 3 is 2.83 bits per heavy atom. The number of amides is 1. The second-order valence-corrected chi connectivity index (χ2v) is 6.37. The van der Waals surface area contributed by atoms with E-state index >= 15 is 0 Å². The largest absolute Gasteiger partial charge is 0.478 e. The zero-order valence-corrected chi connectivity index (χ0v) is 15.1. The number of ether oxygens (including phenoxy) is 2. The molecule has 2 aromatic rings. The number of aromatic carboxylic acids is 1. The maximum atomic E-state index is 13.3. The van der Waals surface area contributed by atoms with Crippen molar-refractivity contribution in [2.24, 2.45) is 0 Å². The summed E-state index contributed by atoms with van der Waals surface area (Å²) in [5.74, 6) is -2.22. The van der Waals surface area contributed by atoms with Gasteiger partial charge in [-0.15, -0.1) is 0 Å².